The van der Waals surface area contributed by atoms with Crippen LogP contribution in [-0.2, 0) is 11.2 Å². The highest BCUT2D eigenvalue weighted by Gasteiger charge is 2.28. The number of nitrogens with one attached hydrogen (secondary N) is 1. The molecule has 0 radical (unpaired) electrons. The summed E-state index contributed by atoms with van der Waals surface area (Å²) in [6, 6.07) is 13.1. The number of carbonyl (C=O) groups is 1. The summed E-state index contributed by atoms with van der Waals surface area (Å²) in [6.07, 6.45) is 1.80. The molecule has 0 fully saturated rings. The Bertz CT molecular complexity index is 1380. The third kappa shape index (κ3) is 3.48. The smallest absolute Gasteiger partial charge is 0.304 e. The summed E-state index contributed by atoms with van der Waals surface area (Å²) < 4.78 is 11.0. The predicted molar refractivity (Wildman–Crippen MR) is 116 cm³/mol. The van der Waals surface area contributed by atoms with Gasteiger partial charge in [-0.25, -0.2) is 0 Å². The SMILES string of the molecule is CCOc1cc(C#N)cc(-c2nc(-c3ccc4[nH]c5c(c4c3)CCC5CC(=O)O)no2)c1. The normalized spacial score (nSPS) is 14.9. The van der Waals surface area contributed by atoms with Crippen LogP contribution in [0.25, 0.3) is 33.7 Å². The van der Waals surface area contributed by atoms with Crippen LogP contribution < -0.4 is 4.74 Å². The molecule has 1 aliphatic rings. The summed E-state index contributed by atoms with van der Waals surface area (Å²) in [6.45, 7) is 2.36. The maximum atomic E-state index is 11.2. The fraction of sp³-hybridized carbons (Fsp3) is 0.250. The number of hydrogen-bond acceptors (Lipinski definition) is 6. The second-order valence-corrected chi connectivity index (χ2v) is 7.83. The highest BCUT2D eigenvalue weighted by atomic mass is 16.5. The van der Waals surface area contributed by atoms with E-state index in [0.29, 0.717) is 35.2 Å². The Labute approximate surface area is 183 Å². The molecule has 0 spiro atoms. The van der Waals surface area contributed by atoms with Crippen LogP contribution in [0.1, 0.15) is 42.5 Å². The highest BCUT2D eigenvalue weighted by molar-refractivity contribution is 5.89. The van der Waals surface area contributed by atoms with Gasteiger partial charge in [0.25, 0.3) is 5.89 Å². The van der Waals surface area contributed by atoms with E-state index in [4.69, 9.17) is 9.26 Å². The number of H-pyrrole nitrogens is 1. The number of benzene rings is 2. The van der Waals surface area contributed by atoms with Gasteiger partial charge in [-0.1, -0.05) is 5.16 Å². The Hall–Kier alpha value is -4.12. The van der Waals surface area contributed by atoms with Crippen molar-refractivity contribution in [1.29, 1.82) is 5.26 Å². The second-order valence-electron chi connectivity index (χ2n) is 7.83. The van der Waals surface area contributed by atoms with Gasteiger partial charge >= 0.3 is 5.97 Å². The standard InChI is InChI=1S/C24H20N4O4/c1-2-31-17-8-13(12-25)7-16(9-17)24-27-23(28-32-24)15-4-6-20-19(10-15)18-5-3-14(11-21(29)30)22(18)26-20/h4,6-10,14,26H,2-3,5,11H2,1H3,(H,29,30). The minimum Gasteiger partial charge on any atom is -0.494 e. The molecule has 8 nitrogen and oxygen atoms in total. The fourth-order valence-electron chi connectivity index (χ4n) is 4.40. The first-order valence-electron chi connectivity index (χ1n) is 10.4. The summed E-state index contributed by atoms with van der Waals surface area (Å²) >= 11 is 0. The molecule has 0 amide bonds. The number of carboxylic acid groups (broad SMARTS) is 1. The number of fused-ring (bicyclic) bond motifs is 3. The lowest BCUT2D eigenvalue weighted by atomic mass is 10.0. The summed E-state index contributed by atoms with van der Waals surface area (Å²) in [5, 5.41) is 23.7. The lowest BCUT2D eigenvalue weighted by Crippen LogP contribution is -2.03. The van der Waals surface area contributed by atoms with Crippen LogP contribution in [0.4, 0.5) is 0 Å². The van der Waals surface area contributed by atoms with E-state index >= 15 is 0 Å². The van der Waals surface area contributed by atoms with Crippen molar-refractivity contribution in [2.24, 2.45) is 0 Å². The predicted octanol–water partition coefficient (Wildman–Crippen LogP) is 4.66. The third-order valence-electron chi connectivity index (χ3n) is 5.79. The van der Waals surface area contributed by atoms with E-state index in [1.165, 1.54) is 5.56 Å². The van der Waals surface area contributed by atoms with Crippen LogP contribution in [0.3, 0.4) is 0 Å². The molecule has 2 heterocycles. The van der Waals surface area contributed by atoms with Gasteiger partial charge in [-0.15, -0.1) is 0 Å². The molecule has 1 aliphatic carbocycles. The van der Waals surface area contributed by atoms with Crippen molar-refractivity contribution in [3.8, 4) is 34.7 Å². The van der Waals surface area contributed by atoms with Crippen molar-refractivity contribution in [3.63, 3.8) is 0 Å². The van der Waals surface area contributed by atoms with Crippen LogP contribution in [0.5, 0.6) is 5.75 Å². The number of aromatic amines is 1. The Morgan fingerprint density at radius 2 is 2.19 bits per heavy atom. The third-order valence-corrected chi connectivity index (χ3v) is 5.79. The van der Waals surface area contributed by atoms with Crippen molar-refractivity contribution in [3.05, 3.63) is 53.2 Å². The van der Waals surface area contributed by atoms with Crippen molar-refractivity contribution >= 4 is 16.9 Å². The summed E-state index contributed by atoms with van der Waals surface area (Å²) in [5.74, 6) is 0.550. The Morgan fingerprint density at radius 3 is 2.97 bits per heavy atom. The highest BCUT2D eigenvalue weighted by Crippen LogP contribution is 2.40. The Balaban J connectivity index is 1.50. The van der Waals surface area contributed by atoms with Crippen LogP contribution >= 0.6 is 0 Å². The maximum Gasteiger partial charge on any atom is 0.304 e. The minimum absolute atomic E-state index is 0.0158. The van der Waals surface area contributed by atoms with Gasteiger partial charge in [-0.05, 0) is 61.7 Å². The average Bonchev–Trinajstić information content (AvgIpc) is 3.49. The molecule has 160 valence electrons. The van der Waals surface area contributed by atoms with Crippen molar-refractivity contribution < 1.29 is 19.2 Å². The van der Waals surface area contributed by atoms with Gasteiger partial charge in [0.1, 0.15) is 5.75 Å². The monoisotopic (exact) mass is 428 g/mol. The number of ether oxygens (including phenoxy) is 1. The first-order chi connectivity index (χ1) is 15.6. The zero-order chi connectivity index (χ0) is 22.2. The number of rotatable bonds is 6. The number of hydrogen-bond donors (Lipinski definition) is 2. The number of carboxylic acids is 1. The van der Waals surface area contributed by atoms with E-state index in [1.807, 2.05) is 25.1 Å². The van der Waals surface area contributed by atoms with Gasteiger partial charge in [0.15, 0.2) is 0 Å². The number of nitriles is 1. The summed E-state index contributed by atoms with van der Waals surface area (Å²) in [4.78, 5) is 19.1. The van der Waals surface area contributed by atoms with E-state index in [0.717, 1.165) is 35.0 Å². The van der Waals surface area contributed by atoms with E-state index in [2.05, 4.69) is 21.2 Å². The molecule has 1 unspecified atom stereocenters. The Morgan fingerprint density at radius 1 is 1.31 bits per heavy atom. The van der Waals surface area contributed by atoms with Crippen LogP contribution in [0.15, 0.2) is 40.9 Å². The molecule has 0 saturated carbocycles. The minimum atomic E-state index is -0.783. The average molecular weight is 428 g/mol. The van der Waals surface area contributed by atoms with E-state index in [9.17, 15) is 15.2 Å². The molecule has 2 N–H and O–H groups in total. The van der Waals surface area contributed by atoms with Crippen molar-refractivity contribution in [1.82, 2.24) is 15.1 Å². The molecule has 1 atom stereocenters. The summed E-state index contributed by atoms with van der Waals surface area (Å²) in [5.41, 5.74) is 5.03. The number of aryl methyl sites for hydroxylation is 1. The molecule has 0 aliphatic heterocycles. The lowest BCUT2D eigenvalue weighted by molar-refractivity contribution is -0.137. The molecule has 2 aromatic heterocycles. The molecule has 8 heteroatoms. The largest absolute Gasteiger partial charge is 0.494 e. The van der Waals surface area contributed by atoms with Crippen molar-refractivity contribution in [2.45, 2.75) is 32.1 Å². The maximum absolute atomic E-state index is 11.2. The molecule has 4 aromatic rings. The van der Waals surface area contributed by atoms with Gasteiger partial charge < -0.3 is 19.4 Å². The first-order valence-corrected chi connectivity index (χ1v) is 10.4. The van der Waals surface area contributed by atoms with Gasteiger partial charge in [-0.2, -0.15) is 10.2 Å². The van der Waals surface area contributed by atoms with Crippen molar-refractivity contribution in [2.75, 3.05) is 6.61 Å². The fourth-order valence-corrected chi connectivity index (χ4v) is 4.40. The van der Waals surface area contributed by atoms with Gasteiger partial charge in [0.2, 0.25) is 5.82 Å². The molecule has 0 bridgehead atoms. The van der Waals surface area contributed by atoms with Crippen LogP contribution in [-0.4, -0.2) is 32.8 Å². The van der Waals surface area contributed by atoms with Gasteiger partial charge in [0.05, 0.1) is 24.7 Å². The van der Waals surface area contributed by atoms with Gasteiger partial charge in [-0.3, -0.25) is 4.79 Å². The van der Waals surface area contributed by atoms with Crippen LogP contribution in [0, 0.1) is 11.3 Å². The molecular weight excluding hydrogens is 408 g/mol. The number of aromatic nitrogens is 3. The Kier molecular flexibility index (Phi) is 4.86. The molecule has 2 aromatic carbocycles. The zero-order valence-electron chi connectivity index (χ0n) is 17.4. The zero-order valence-corrected chi connectivity index (χ0v) is 17.4. The number of nitrogens with zero attached hydrogens (tertiary/aromatic N) is 3. The second kappa shape index (κ2) is 7.85. The molecule has 32 heavy (non-hydrogen) atoms. The van der Waals surface area contributed by atoms with Gasteiger partial charge in [0, 0.05) is 33.6 Å². The topological polar surface area (TPSA) is 125 Å². The lowest BCUT2D eigenvalue weighted by Gasteiger charge is -2.05. The van der Waals surface area contributed by atoms with E-state index in [1.54, 1.807) is 18.2 Å². The summed E-state index contributed by atoms with van der Waals surface area (Å²) in [7, 11) is 0. The molecule has 0 saturated heterocycles. The van der Waals surface area contributed by atoms with E-state index < -0.39 is 5.97 Å². The van der Waals surface area contributed by atoms with E-state index in [-0.39, 0.29) is 12.3 Å². The molecule has 5 rings (SSSR count). The first kappa shape index (κ1) is 19.8. The molecular formula is C24H20N4O4. The number of aliphatic carboxylic acids is 1. The quantitative estimate of drug-likeness (QED) is 0.457. The van der Waals surface area contributed by atoms with Crippen LogP contribution in [0.2, 0.25) is 0 Å².